The van der Waals surface area contributed by atoms with Crippen LogP contribution in [0.15, 0.2) is 18.5 Å². The van der Waals surface area contributed by atoms with Gasteiger partial charge in [0.1, 0.15) is 5.82 Å². The number of pyridine rings is 1. The van der Waals surface area contributed by atoms with Crippen molar-refractivity contribution < 1.29 is 4.39 Å². The van der Waals surface area contributed by atoms with E-state index in [1.54, 1.807) is 6.20 Å². The van der Waals surface area contributed by atoms with Crippen molar-refractivity contribution in [2.45, 2.75) is 51.5 Å². The predicted molar refractivity (Wildman–Crippen MR) is 64.5 cm³/mol. The Hall–Kier alpha value is -0.960. The maximum Gasteiger partial charge on any atom is 0.141 e. The fourth-order valence-corrected chi connectivity index (χ4v) is 1.77. The van der Waals surface area contributed by atoms with E-state index in [4.69, 9.17) is 5.73 Å². The van der Waals surface area contributed by atoms with Gasteiger partial charge in [-0.05, 0) is 18.1 Å². The van der Waals surface area contributed by atoms with E-state index in [1.807, 2.05) is 0 Å². The van der Waals surface area contributed by atoms with Crippen LogP contribution in [0.4, 0.5) is 4.39 Å². The van der Waals surface area contributed by atoms with Gasteiger partial charge in [-0.25, -0.2) is 4.39 Å². The van der Waals surface area contributed by atoms with Crippen molar-refractivity contribution in [3.05, 3.63) is 29.8 Å². The monoisotopic (exact) mass is 224 g/mol. The highest BCUT2D eigenvalue weighted by Gasteiger charge is 2.06. The Morgan fingerprint density at radius 3 is 2.69 bits per heavy atom. The summed E-state index contributed by atoms with van der Waals surface area (Å²) in [4.78, 5) is 3.81. The molecule has 90 valence electrons. The molecule has 0 saturated carbocycles. The molecule has 0 fully saturated rings. The number of halogens is 1. The molecule has 1 heterocycles. The number of hydrogen-bond donors (Lipinski definition) is 1. The number of nitrogens with two attached hydrogens (primary N) is 1. The molecule has 2 nitrogen and oxygen atoms in total. The molecule has 16 heavy (non-hydrogen) atoms. The molecule has 0 aliphatic carbocycles. The van der Waals surface area contributed by atoms with Crippen LogP contribution < -0.4 is 5.73 Å². The number of rotatable bonds is 7. The first-order valence-electron chi connectivity index (χ1n) is 6.10. The van der Waals surface area contributed by atoms with E-state index in [1.165, 1.54) is 37.9 Å². The van der Waals surface area contributed by atoms with Crippen LogP contribution in [0.3, 0.4) is 0 Å². The highest BCUT2D eigenvalue weighted by atomic mass is 19.1. The van der Waals surface area contributed by atoms with Crippen LogP contribution in [0.5, 0.6) is 0 Å². The lowest BCUT2D eigenvalue weighted by Crippen LogP contribution is -2.10. The smallest absolute Gasteiger partial charge is 0.141 e. The lowest BCUT2D eigenvalue weighted by molar-refractivity contribution is 0.549. The second-order valence-electron chi connectivity index (χ2n) is 4.25. The molecule has 1 rings (SSSR count). The zero-order valence-electron chi connectivity index (χ0n) is 9.95. The van der Waals surface area contributed by atoms with Crippen LogP contribution in [0, 0.1) is 5.82 Å². The SMILES string of the molecule is CCCCCCCC(N)c1cncc(F)c1. The van der Waals surface area contributed by atoms with Crippen LogP contribution in [-0.2, 0) is 0 Å². The first-order chi connectivity index (χ1) is 7.74. The summed E-state index contributed by atoms with van der Waals surface area (Å²) in [7, 11) is 0. The average molecular weight is 224 g/mol. The highest BCUT2D eigenvalue weighted by Crippen LogP contribution is 2.17. The Labute approximate surface area is 97.1 Å². The van der Waals surface area contributed by atoms with Gasteiger partial charge in [0, 0.05) is 12.2 Å². The summed E-state index contributed by atoms with van der Waals surface area (Å²) in [6, 6.07) is 1.40. The highest BCUT2D eigenvalue weighted by molar-refractivity contribution is 5.14. The van der Waals surface area contributed by atoms with Crippen LogP contribution in [0.2, 0.25) is 0 Å². The molecule has 1 unspecified atom stereocenters. The average Bonchev–Trinajstić information content (AvgIpc) is 2.28. The normalized spacial score (nSPS) is 12.7. The van der Waals surface area contributed by atoms with Gasteiger partial charge in [-0.2, -0.15) is 0 Å². The summed E-state index contributed by atoms with van der Waals surface area (Å²) in [6.45, 7) is 2.20. The second kappa shape index (κ2) is 7.34. The zero-order valence-corrected chi connectivity index (χ0v) is 9.95. The summed E-state index contributed by atoms with van der Waals surface area (Å²) in [5.41, 5.74) is 6.77. The van der Waals surface area contributed by atoms with Crippen molar-refractivity contribution in [2.24, 2.45) is 5.73 Å². The van der Waals surface area contributed by atoms with Crippen LogP contribution >= 0.6 is 0 Å². The van der Waals surface area contributed by atoms with E-state index < -0.39 is 0 Å². The number of unbranched alkanes of at least 4 members (excludes halogenated alkanes) is 4. The third kappa shape index (κ3) is 4.71. The van der Waals surface area contributed by atoms with Crippen molar-refractivity contribution >= 4 is 0 Å². The molecule has 0 spiro atoms. The second-order valence-corrected chi connectivity index (χ2v) is 4.25. The molecule has 0 aliphatic rings. The summed E-state index contributed by atoms with van der Waals surface area (Å²) in [5.74, 6) is -0.307. The van der Waals surface area contributed by atoms with Gasteiger partial charge in [0.2, 0.25) is 0 Å². The Kier molecular flexibility index (Phi) is 6.01. The summed E-state index contributed by atoms with van der Waals surface area (Å²) >= 11 is 0. The Balaban J connectivity index is 2.27. The van der Waals surface area contributed by atoms with Gasteiger partial charge in [-0.3, -0.25) is 4.98 Å². The predicted octanol–water partition coefficient (Wildman–Crippen LogP) is 3.58. The van der Waals surface area contributed by atoms with Crippen LogP contribution in [0.25, 0.3) is 0 Å². The standard InChI is InChI=1S/C13H21FN2/c1-2-3-4-5-6-7-13(15)11-8-12(14)10-16-9-11/h8-10,13H,2-7,15H2,1H3. The Morgan fingerprint density at radius 2 is 2.00 bits per heavy atom. The van der Waals surface area contributed by atoms with Crippen molar-refractivity contribution in [3.8, 4) is 0 Å². The van der Waals surface area contributed by atoms with Gasteiger partial charge >= 0.3 is 0 Å². The molecule has 0 aliphatic heterocycles. The maximum atomic E-state index is 12.9. The van der Waals surface area contributed by atoms with Crippen LogP contribution in [-0.4, -0.2) is 4.98 Å². The van der Waals surface area contributed by atoms with Crippen molar-refractivity contribution in [1.29, 1.82) is 0 Å². The number of hydrogen-bond acceptors (Lipinski definition) is 2. The van der Waals surface area contributed by atoms with E-state index in [0.29, 0.717) is 0 Å². The number of aromatic nitrogens is 1. The fraction of sp³-hybridized carbons (Fsp3) is 0.615. The van der Waals surface area contributed by atoms with E-state index in [0.717, 1.165) is 18.4 Å². The molecular formula is C13H21FN2. The lowest BCUT2D eigenvalue weighted by atomic mass is 10.0. The van der Waals surface area contributed by atoms with Crippen molar-refractivity contribution in [2.75, 3.05) is 0 Å². The number of nitrogens with zero attached hydrogens (tertiary/aromatic N) is 1. The minimum atomic E-state index is -0.307. The van der Waals surface area contributed by atoms with E-state index in [9.17, 15) is 4.39 Å². The lowest BCUT2D eigenvalue weighted by Gasteiger charge is -2.11. The molecular weight excluding hydrogens is 203 g/mol. The van der Waals surface area contributed by atoms with E-state index in [2.05, 4.69) is 11.9 Å². The topological polar surface area (TPSA) is 38.9 Å². The van der Waals surface area contributed by atoms with Crippen molar-refractivity contribution in [3.63, 3.8) is 0 Å². The molecule has 0 amide bonds. The maximum absolute atomic E-state index is 12.9. The third-order valence-electron chi connectivity index (χ3n) is 2.77. The summed E-state index contributed by atoms with van der Waals surface area (Å²) in [6.07, 6.45) is 9.90. The van der Waals surface area contributed by atoms with Crippen LogP contribution in [0.1, 0.15) is 57.1 Å². The first kappa shape index (κ1) is 13.1. The summed E-state index contributed by atoms with van der Waals surface area (Å²) in [5, 5.41) is 0. The van der Waals surface area contributed by atoms with Gasteiger partial charge in [0.05, 0.1) is 6.20 Å². The molecule has 3 heteroatoms. The molecule has 0 radical (unpaired) electrons. The Bertz CT molecular complexity index is 302. The molecule has 1 atom stereocenters. The Morgan fingerprint density at radius 1 is 1.25 bits per heavy atom. The van der Waals surface area contributed by atoms with Gasteiger partial charge in [-0.15, -0.1) is 0 Å². The fourth-order valence-electron chi connectivity index (χ4n) is 1.77. The van der Waals surface area contributed by atoms with E-state index >= 15 is 0 Å². The molecule has 2 N–H and O–H groups in total. The van der Waals surface area contributed by atoms with Gasteiger partial charge in [0.25, 0.3) is 0 Å². The quantitative estimate of drug-likeness (QED) is 0.719. The molecule has 0 saturated heterocycles. The minimum Gasteiger partial charge on any atom is -0.324 e. The van der Waals surface area contributed by atoms with Crippen molar-refractivity contribution in [1.82, 2.24) is 4.98 Å². The molecule has 1 aromatic rings. The first-order valence-corrected chi connectivity index (χ1v) is 6.10. The summed E-state index contributed by atoms with van der Waals surface area (Å²) < 4.78 is 12.9. The van der Waals surface area contributed by atoms with Gasteiger partial charge in [-0.1, -0.05) is 39.0 Å². The zero-order chi connectivity index (χ0) is 11.8. The minimum absolute atomic E-state index is 0.0789. The van der Waals surface area contributed by atoms with Gasteiger partial charge in [0.15, 0.2) is 0 Å². The largest absolute Gasteiger partial charge is 0.324 e. The third-order valence-corrected chi connectivity index (χ3v) is 2.77. The molecule has 0 bridgehead atoms. The van der Waals surface area contributed by atoms with E-state index in [-0.39, 0.29) is 11.9 Å². The molecule has 0 aromatic carbocycles. The molecule has 1 aromatic heterocycles. The van der Waals surface area contributed by atoms with Gasteiger partial charge < -0.3 is 5.73 Å².